The van der Waals surface area contributed by atoms with Gasteiger partial charge in [-0.3, -0.25) is 14.4 Å². The van der Waals surface area contributed by atoms with E-state index in [9.17, 15) is 14.4 Å². The molecule has 1 aromatic rings. The van der Waals surface area contributed by atoms with E-state index in [1.165, 1.54) is 6.08 Å². The predicted octanol–water partition coefficient (Wildman–Crippen LogP) is 3.72. The van der Waals surface area contributed by atoms with E-state index < -0.39 is 0 Å². The number of rotatable bonds is 5. The van der Waals surface area contributed by atoms with Gasteiger partial charge in [0.15, 0.2) is 0 Å². The van der Waals surface area contributed by atoms with Gasteiger partial charge in [0.2, 0.25) is 17.7 Å². The Labute approximate surface area is 193 Å². The van der Waals surface area contributed by atoms with E-state index in [0.717, 1.165) is 31.5 Å². The molecule has 0 saturated carbocycles. The van der Waals surface area contributed by atoms with Crippen molar-refractivity contribution in [2.45, 2.75) is 32.6 Å². The molecule has 2 saturated heterocycles. The number of halogens is 2. The summed E-state index contributed by atoms with van der Waals surface area (Å²) < 4.78 is 0. The van der Waals surface area contributed by atoms with Crippen molar-refractivity contribution in [1.82, 2.24) is 14.7 Å². The van der Waals surface area contributed by atoms with Gasteiger partial charge < -0.3 is 14.7 Å². The first-order valence-electron chi connectivity index (χ1n) is 10.8. The third-order valence-electron chi connectivity index (χ3n) is 5.99. The van der Waals surface area contributed by atoms with Gasteiger partial charge in [0.25, 0.3) is 0 Å². The second-order valence-corrected chi connectivity index (χ2v) is 9.09. The fourth-order valence-electron chi connectivity index (χ4n) is 3.86. The van der Waals surface area contributed by atoms with Gasteiger partial charge in [0.1, 0.15) is 0 Å². The number of carbonyl (C=O) groups excluding carboxylic acids is 3. The van der Waals surface area contributed by atoms with E-state index in [1.54, 1.807) is 34.1 Å². The summed E-state index contributed by atoms with van der Waals surface area (Å²) in [5, 5.41) is 0.894. The molecule has 1 aromatic carbocycles. The minimum absolute atomic E-state index is 0.0103. The molecule has 3 amide bonds. The van der Waals surface area contributed by atoms with Crippen molar-refractivity contribution in [3.63, 3.8) is 0 Å². The lowest BCUT2D eigenvalue weighted by molar-refractivity contribution is -0.134. The largest absolute Gasteiger partial charge is 0.343 e. The van der Waals surface area contributed by atoms with Gasteiger partial charge in [-0.05, 0) is 42.5 Å². The number of likely N-dealkylation sites (tertiary alicyclic amines) is 1. The first-order chi connectivity index (χ1) is 14.8. The summed E-state index contributed by atoms with van der Waals surface area (Å²) in [6.07, 6.45) is 5.86. The molecule has 0 bridgehead atoms. The van der Waals surface area contributed by atoms with Crippen LogP contribution in [0.25, 0.3) is 6.08 Å². The maximum atomic E-state index is 12.6. The highest BCUT2D eigenvalue weighted by atomic mass is 35.5. The minimum Gasteiger partial charge on any atom is -0.343 e. The molecule has 0 unspecified atom stereocenters. The topological polar surface area (TPSA) is 60.9 Å². The zero-order chi connectivity index (χ0) is 22.4. The molecule has 2 fully saturated rings. The van der Waals surface area contributed by atoms with Crippen LogP contribution in [0, 0.1) is 5.92 Å². The Hall–Kier alpha value is -2.05. The molecule has 6 nitrogen and oxygen atoms in total. The Kier molecular flexibility index (Phi) is 8.38. The Morgan fingerprint density at radius 3 is 2.48 bits per heavy atom. The number of hydrogen-bond acceptors (Lipinski definition) is 3. The second-order valence-electron chi connectivity index (χ2n) is 8.28. The molecule has 2 aliphatic rings. The van der Waals surface area contributed by atoms with Gasteiger partial charge in [-0.15, -0.1) is 0 Å². The molecular formula is C23H29Cl2N3O3. The van der Waals surface area contributed by atoms with Gasteiger partial charge in [0, 0.05) is 58.2 Å². The Balaban J connectivity index is 1.49. The summed E-state index contributed by atoms with van der Waals surface area (Å²) in [5.74, 6) is 0.620. The number of nitrogens with zero attached hydrogens (tertiary/aromatic N) is 3. The molecule has 2 heterocycles. The third-order valence-corrected chi connectivity index (χ3v) is 6.73. The molecule has 0 spiro atoms. The molecule has 31 heavy (non-hydrogen) atoms. The summed E-state index contributed by atoms with van der Waals surface area (Å²) in [7, 11) is 0. The monoisotopic (exact) mass is 465 g/mol. The van der Waals surface area contributed by atoms with Crippen molar-refractivity contribution >= 4 is 47.0 Å². The lowest BCUT2D eigenvalue weighted by Gasteiger charge is -2.31. The van der Waals surface area contributed by atoms with E-state index >= 15 is 0 Å². The van der Waals surface area contributed by atoms with Gasteiger partial charge in [-0.1, -0.05) is 36.2 Å². The predicted molar refractivity (Wildman–Crippen MR) is 123 cm³/mol. The third kappa shape index (κ3) is 6.71. The number of hydrogen-bond donors (Lipinski definition) is 0. The van der Waals surface area contributed by atoms with Crippen molar-refractivity contribution in [3.8, 4) is 0 Å². The summed E-state index contributed by atoms with van der Waals surface area (Å²) >= 11 is 11.9. The van der Waals surface area contributed by atoms with Crippen molar-refractivity contribution in [2.24, 2.45) is 5.92 Å². The molecule has 0 radical (unpaired) electrons. The van der Waals surface area contributed by atoms with Crippen LogP contribution in [0.2, 0.25) is 10.0 Å². The molecule has 3 rings (SSSR count). The zero-order valence-corrected chi connectivity index (χ0v) is 19.4. The van der Waals surface area contributed by atoms with Crippen molar-refractivity contribution in [3.05, 3.63) is 39.9 Å². The Morgan fingerprint density at radius 2 is 1.77 bits per heavy atom. The number of amides is 3. The number of carbonyl (C=O) groups is 3. The fourth-order valence-corrected chi connectivity index (χ4v) is 4.17. The number of benzene rings is 1. The van der Waals surface area contributed by atoms with Crippen LogP contribution >= 0.6 is 23.2 Å². The van der Waals surface area contributed by atoms with E-state index in [-0.39, 0.29) is 24.1 Å². The van der Waals surface area contributed by atoms with Crippen molar-refractivity contribution in [2.75, 3.05) is 39.3 Å². The van der Waals surface area contributed by atoms with Gasteiger partial charge in [-0.2, -0.15) is 0 Å². The quantitative estimate of drug-likeness (QED) is 0.622. The maximum Gasteiger partial charge on any atom is 0.246 e. The van der Waals surface area contributed by atoms with Crippen LogP contribution in [0.15, 0.2) is 24.3 Å². The maximum absolute atomic E-state index is 12.6. The van der Waals surface area contributed by atoms with Crippen LogP contribution in [-0.4, -0.2) is 71.7 Å². The molecule has 168 valence electrons. The first kappa shape index (κ1) is 23.6. The fraction of sp³-hybridized carbons (Fsp3) is 0.522. The van der Waals surface area contributed by atoms with Crippen molar-refractivity contribution < 1.29 is 14.4 Å². The average Bonchev–Trinajstić information content (AvgIpc) is 2.94. The molecule has 0 aliphatic carbocycles. The Bertz CT molecular complexity index is 850. The van der Waals surface area contributed by atoms with Crippen LogP contribution < -0.4 is 0 Å². The smallest absolute Gasteiger partial charge is 0.246 e. The van der Waals surface area contributed by atoms with Gasteiger partial charge >= 0.3 is 0 Å². The molecule has 0 aromatic heterocycles. The zero-order valence-electron chi connectivity index (χ0n) is 17.9. The minimum atomic E-state index is -0.153. The van der Waals surface area contributed by atoms with Crippen LogP contribution in [0.3, 0.4) is 0 Å². The lowest BCUT2D eigenvalue weighted by atomic mass is 9.99. The van der Waals surface area contributed by atoms with Crippen LogP contribution in [-0.2, 0) is 14.4 Å². The van der Waals surface area contributed by atoms with Crippen molar-refractivity contribution in [1.29, 1.82) is 0 Å². The molecule has 0 atom stereocenters. The highest BCUT2D eigenvalue weighted by Gasteiger charge is 2.25. The highest BCUT2D eigenvalue weighted by Crippen LogP contribution is 2.23. The molecular weight excluding hydrogens is 437 g/mol. The second kappa shape index (κ2) is 11.0. The summed E-state index contributed by atoms with van der Waals surface area (Å²) in [5.41, 5.74) is 0.779. The van der Waals surface area contributed by atoms with E-state index in [2.05, 4.69) is 6.92 Å². The van der Waals surface area contributed by atoms with Gasteiger partial charge in [0.05, 0.1) is 10.0 Å². The summed E-state index contributed by atoms with van der Waals surface area (Å²) in [4.78, 5) is 42.8. The lowest BCUT2D eigenvalue weighted by Crippen LogP contribution is -2.41. The molecule has 0 N–H and O–H groups in total. The Morgan fingerprint density at radius 1 is 1.03 bits per heavy atom. The first-order valence-corrected chi connectivity index (χ1v) is 11.6. The van der Waals surface area contributed by atoms with E-state index in [4.69, 9.17) is 23.2 Å². The summed E-state index contributed by atoms with van der Waals surface area (Å²) in [6, 6.07) is 5.16. The van der Waals surface area contributed by atoms with Crippen LogP contribution in [0.4, 0.5) is 0 Å². The molecule has 8 heteroatoms. The summed E-state index contributed by atoms with van der Waals surface area (Å²) in [6.45, 7) is 5.50. The normalized spacial score (nSPS) is 18.5. The molecule has 2 aliphatic heterocycles. The standard InChI is InChI=1S/C23H29Cl2N3O3/c1-17-6-10-26(11-7-17)22(30)8-13-28-15-14-27(12-9-23(28)31)21(29)5-3-18-2-4-19(24)20(25)16-18/h2-5,16-17H,6-15H2,1H3/b5-3+. The average molecular weight is 466 g/mol. The van der Waals surface area contributed by atoms with Crippen LogP contribution in [0.1, 0.15) is 38.2 Å². The highest BCUT2D eigenvalue weighted by molar-refractivity contribution is 6.42. The van der Waals surface area contributed by atoms with E-state index in [0.29, 0.717) is 48.6 Å². The SMILES string of the molecule is CC1CCN(C(=O)CCN2CCN(C(=O)/C=C/c3ccc(Cl)c(Cl)c3)CCC2=O)CC1. The van der Waals surface area contributed by atoms with Gasteiger partial charge in [-0.25, -0.2) is 0 Å². The van der Waals surface area contributed by atoms with E-state index in [1.807, 2.05) is 4.90 Å². The van der Waals surface area contributed by atoms with Crippen LogP contribution in [0.5, 0.6) is 0 Å². The number of piperidine rings is 1.